The molecule has 1 N–H and O–H groups in total. The second-order valence-corrected chi connectivity index (χ2v) is 4.76. The van der Waals surface area contributed by atoms with Gasteiger partial charge in [-0.3, -0.25) is 15.4 Å². The lowest BCUT2D eigenvalue weighted by Gasteiger charge is -2.28. The Bertz CT molecular complexity index is 462. The number of aliphatic imine (C=N–C) groups is 1. The number of nitrogens with one attached hydrogen (secondary N) is 1. The van der Waals surface area contributed by atoms with E-state index in [4.69, 9.17) is 11.6 Å². The molecule has 0 amide bonds. The van der Waals surface area contributed by atoms with Gasteiger partial charge in [0.2, 0.25) is 5.28 Å². The molecule has 1 aromatic heterocycles. The van der Waals surface area contributed by atoms with Gasteiger partial charge in [0.15, 0.2) is 5.82 Å². The molecule has 0 bridgehead atoms. The summed E-state index contributed by atoms with van der Waals surface area (Å²) in [5, 5.41) is 1.92. The summed E-state index contributed by atoms with van der Waals surface area (Å²) < 4.78 is 0.711. The van der Waals surface area contributed by atoms with E-state index in [1.165, 1.54) is 0 Å². The highest BCUT2D eigenvalue weighted by molar-refractivity contribution is 9.10. The Morgan fingerprint density at radius 2 is 2.22 bits per heavy atom. The molecule has 0 aromatic carbocycles. The summed E-state index contributed by atoms with van der Waals surface area (Å²) in [5.74, 6) is 1.38. The Morgan fingerprint density at radius 3 is 2.78 bits per heavy atom. The van der Waals surface area contributed by atoms with Gasteiger partial charge in [0.1, 0.15) is 5.82 Å². The molecule has 0 aliphatic rings. The summed E-state index contributed by atoms with van der Waals surface area (Å²) in [4.78, 5) is 13.6. The standard InChI is InChI=1S/C10H14BrClN6/c1-13-6-8(17(2)3)18(4)16-9-7(11)5-14-10(12)15-9/h5-6H,1H2,2-4H3,(H,14,15,16)/b8-6-. The predicted molar refractivity (Wildman–Crippen MR) is 77.4 cm³/mol. The zero-order valence-corrected chi connectivity index (χ0v) is 12.7. The van der Waals surface area contributed by atoms with Crippen LogP contribution in [0.3, 0.4) is 0 Å². The van der Waals surface area contributed by atoms with Crippen LogP contribution < -0.4 is 5.43 Å². The fourth-order valence-electron chi connectivity index (χ4n) is 1.22. The van der Waals surface area contributed by atoms with Gasteiger partial charge in [-0.2, -0.15) is 4.98 Å². The maximum Gasteiger partial charge on any atom is 0.224 e. The van der Waals surface area contributed by atoms with Crippen molar-refractivity contribution >= 4 is 40.1 Å². The molecule has 0 fully saturated rings. The predicted octanol–water partition coefficient (Wildman–Crippen LogP) is 2.21. The van der Waals surface area contributed by atoms with Crippen molar-refractivity contribution < 1.29 is 0 Å². The lowest BCUT2D eigenvalue weighted by Crippen LogP contribution is -2.32. The molecule has 0 spiro atoms. The van der Waals surface area contributed by atoms with Crippen LogP contribution in [0.4, 0.5) is 5.82 Å². The zero-order chi connectivity index (χ0) is 13.7. The van der Waals surface area contributed by atoms with Crippen molar-refractivity contribution in [2.75, 3.05) is 26.6 Å². The van der Waals surface area contributed by atoms with Gasteiger partial charge in [0.05, 0.1) is 10.7 Å². The number of aromatic nitrogens is 2. The van der Waals surface area contributed by atoms with Gasteiger partial charge in [-0.05, 0) is 34.2 Å². The molecule has 0 saturated carbocycles. The third-order valence-corrected chi connectivity index (χ3v) is 2.76. The zero-order valence-electron chi connectivity index (χ0n) is 10.4. The van der Waals surface area contributed by atoms with Gasteiger partial charge >= 0.3 is 0 Å². The quantitative estimate of drug-likeness (QED) is 0.509. The highest BCUT2D eigenvalue weighted by atomic mass is 79.9. The van der Waals surface area contributed by atoms with Crippen LogP contribution in [0, 0.1) is 0 Å². The second-order valence-electron chi connectivity index (χ2n) is 3.57. The number of halogens is 2. The maximum absolute atomic E-state index is 5.75. The van der Waals surface area contributed by atoms with E-state index in [2.05, 4.69) is 43.0 Å². The molecule has 6 nitrogen and oxygen atoms in total. The first-order valence-electron chi connectivity index (χ1n) is 4.97. The monoisotopic (exact) mass is 332 g/mol. The summed E-state index contributed by atoms with van der Waals surface area (Å²) >= 11 is 9.09. The molecule has 98 valence electrons. The van der Waals surface area contributed by atoms with Gasteiger partial charge in [-0.25, -0.2) is 4.98 Å². The summed E-state index contributed by atoms with van der Waals surface area (Å²) in [6.45, 7) is 3.44. The minimum absolute atomic E-state index is 0.173. The fourth-order valence-corrected chi connectivity index (χ4v) is 1.64. The van der Waals surface area contributed by atoms with E-state index >= 15 is 0 Å². The van der Waals surface area contributed by atoms with Crippen LogP contribution in [0.1, 0.15) is 0 Å². The van der Waals surface area contributed by atoms with Crippen molar-refractivity contribution in [2.24, 2.45) is 4.99 Å². The van der Waals surface area contributed by atoms with E-state index in [1.54, 1.807) is 17.4 Å². The number of nitrogens with zero attached hydrogens (tertiary/aromatic N) is 5. The molecule has 1 heterocycles. The molecule has 0 aliphatic carbocycles. The number of anilines is 1. The summed E-state index contributed by atoms with van der Waals surface area (Å²) in [6.07, 6.45) is 3.21. The SMILES string of the molecule is C=N/C=C(/N(C)C)N(C)Nc1nc(Cl)ncc1Br. The highest BCUT2D eigenvalue weighted by Crippen LogP contribution is 2.21. The Balaban J connectivity index is 2.92. The summed E-state index contributed by atoms with van der Waals surface area (Å²) in [7, 11) is 5.63. The highest BCUT2D eigenvalue weighted by Gasteiger charge is 2.10. The molecule has 0 radical (unpaired) electrons. The third-order valence-electron chi connectivity index (χ3n) is 2.00. The van der Waals surface area contributed by atoms with Gasteiger partial charge in [-0.15, -0.1) is 0 Å². The largest absolute Gasteiger partial charge is 0.362 e. The van der Waals surface area contributed by atoms with E-state index in [0.29, 0.717) is 10.3 Å². The average molecular weight is 334 g/mol. The first-order valence-corrected chi connectivity index (χ1v) is 6.14. The lowest BCUT2D eigenvalue weighted by atomic mass is 10.6. The molecule has 0 aliphatic heterocycles. The minimum Gasteiger partial charge on any atom is -0.362 e. The average Bonchev–Trinajstić information content (AvgIpc) is 2.30. The topological polar surface area (TPSA) is 56.6 Å². The second kappa shape index (κ2) is 6.55. The molecule has 0 saturated heterocycles. The Morgan fingerprint density at radius 1 is 1.56 bits per heavy atom. The van der Waals surface area contributed by atoms with Crippen LogP contribution in [0.15, 0.2) is 27.7 Å². The van der Waals surface area contributed by atoms with Crippen molar-refractivity contribution in [3.05, 3.63) is 28.0 Å². The van der Waals surface area contributed by atoms with Crippen molar-refractivity contribution in [3.63, 3.8) is 0 Å². The van der Waals surface area contributed by atoms with E-state index in [9.17, 15) is 0 Å². The van der Waals surface area contributed by atoms with Gasteiger partial charge in [0, 0.05) is 27.3 Å². The number of hydrogen-bond acceptors (Lipinski definition) is 6. The van der Waals surface area contributed by atoms with Crippen molar-refractivity contribution in [3.8, 4) is 0 Å². The Labute approximate surface area is 119 Å². The van der Waals surface area contributed by atoms with Crippen molar-refractivity contribution in [1.82, 2.24) is 19.9 Å². The van der Waals surface area contributed by atoms with Gasteiger partial charge in [-0.1, -0.05) is 0 Å². The summed E-state index contributed by atoms with van der Waals surface area (Å²) in [6, 6.07) is 0. The van der Waals surface area contributed by atoms with Crippen LogP contribution in [0.25, 0.3) is 0 Å². The normalized spacial score (nSPS) is 11.1. The molecule has 0 unspecified atom stereocenters. The number of hydrogen-bond donors (Lipinski definition) is 1. The van der Waals surface area contributed by atoms with Crippen LogP contribution in [-0.2, 0) is 0 Å². The summed E-state index contributed by atoms with van der Waals surface area (Å²) in [5.41, 5.74) is 3.07. The van der Waals surface area contributed by atoms with E-state index in [1.807, 2.05) is 26.0 Å². The smallest absolute Gasteiger partial charge is 0.224 e. The first-order chi connectivity index (χ1) is 8.45. The Hall–Kier alpha value is -1.34. The molecular weight excluding hydrogens is 320 g/mol. The van der Waals surface area contributed by atoms with E-state index in [0.717, 1.165) is 5.82 Å². The first kappa shape index (κ1) is 14.7. The third kappa shape index (κ3) is 3.85. The number of rotatable bonds is 5. The molecule has 1 rings (SSSR count). The maximum atomic E-state index is 5.75. The number of hydrazine groups is 1. The van der Waals surface area contributed by atoms with Gasteiger partial charge in [0.25, 0.3) is 0 Å². The van der Waals surface area contributed by atoms with Crippen LogP contribution >= 0.6 is 27.5 Å². The molecule has 18 heavy (non-hydrogen) atoms. The van der Waals surface area contributed by atoms with Crippen LogP contribution in [0.5, 0.6) is 0 Å². The van der Waals surface area contributed by atoms with E-state index in [-0.39, 0.29) is 5.28 Å². The lowest BCUT2D eigenvalue weighted by molar-refractivity contribution is 0.337. The van der Waals surface area contributed by atoms with Crippen LogP contribution in [-0.4, -0.2) is 47.7 Å². The molecule has 0 atom stereocenters. The van der Waals surface area contributed by atoms with E-state index < -0.39 is 0 Å². The van der Waals surface area contributed by atoms with Crippen molar-refractivity contribution in [1.29, 1.82) is 0 Å². The van der Waals surface area contributed by atoms with Gasteiger partial charge < -0.3 is 4.90 Å². The Kier molecular flexibility index (Phi) is 5.36. The molecule has 8 heteroatoms. The fraction of sp³-hybridized carbons (Fsp3) is 0.300. The minimum atomic E-state index is 0.173. The molecule has 1 aromatic rings. The molecular formula is C10H14BrClN6. The van der Waals surface area contributed by atoms with Crippen LogP contribution in [0.2, 0.25) is 5.28 Å². The van der Waals surface area contributed by atoms with Crippen molar-refractivity contribution in [2.45, 2.75) is 0 Å².